The lowest BCUT2D eigenvalue weighted by atomic mass is 9.77. The summed E-state index contributed by atoms with van der Waals surface area (Å²) in [6.07, 6.45) is 4.32. The minimum absolute atomic E-state index is 0.0848. The lowest BCUT2D eigenvalue weighted by Gasteiger charge is -2.41. The normalized spacial score (nSPS) is 18.6. The van der Waals surface area contributed by atoms with Crippen molar-refractivity contribution in [2.24, 2.45) is 0 Å². The van der Waals surface area contributed by atoms with E-state index in [1.54, 1.807) is 0 Å². The van der Waals surface area contributed by atoms with Crippen LogP contribution in [0.1, 0.15) is 19.3 Å². The molecule has 3 N–H and O–H groups in total. The highest BCUT2D eigenvalue weighted by Crippen LogP contribution is 2.33. The fourth-order valence-electron chi connectivity index (χ4n) is 1.63. The quantitative estimate of drug-likeness (QED) is 0.639. The van der Waals surface area contributed by atoms with Crippen LogP contribution in [0.3, 0.4) is 0 Å². The number of aliphatic hydroxyl groups is 1. The van der Waals surface area contributed by atoms with Crippen molar-refractivity contribution in [3.8, 4) is 0 Å². The smallest absolute Gasteiger partial charge is 0.252 e. The van der Waals surface area contributed by atoms with Gasteiger partial charge in [-0.15, -0.1) is 0 Å². The van der Waals surface area contributed by atoms with Gasteiger partial charge in [0.2, 0.25) is 0 Å². The van der Waals surface area contributed by atoms with Crippen LogP contribution in [-0.2, 0) is 0 Å². The van der Waals surface area contributed by atoms with Gasteiger partial charge in [0.25, 0.3) is 5.56 Å². The van der Waals surface area contributed by atoms with E-state index < -0.39 is 0 Å². The highest BCUT2D eigenvalue weighted by Gasteiger charge is 2.36. The molecular formula is C9H13N3O2. The Hall–Kier alpha value is -1.36. The number of hydrogen-bond acceptors (Lipinski definition) is 4. The maximum absolute atomic E-state index is 11.0. The van der Waals surface area contributed by atoms with E-state index in [2.05, 4.69) is 15.3 Å². The second-order valence-corrected chi connectivity index (χ2v) is 3.71. The SMILES string of the molecule is O=c1cc(NC2(CO)CCC2)nc[nH]1. The summed E-state index contributed by atoms with van der Waals surface area (Å²) in [5.74, 6) is 0.530. The van der Waals surface area contributed by atoms with Gasteiger partial charge in [-0.2, -0.15) is 0 Å². The molecule has 14 heavy (non-hydrogen) atoms. The third kappa shape index (κ3) is 1.63. The molecule has 1 saturated carbocycles. The molecule has 1 aromatic heterocycles. The van der Waals surface area contributed by atoms with Gasteiger partial charge in [-0.05, 0) is 19.3 Å². The van der Waals surface area contributed by atoms with Crippen molar-refractivity contribution >= 4 is 5.82 Å². The number of hydrogen-bond donors (Lipinski definition) is 3. The van der Waals surface area contributed by atoms with Crippen molar-refractivity contribution in [2.45, 2.75) is 24.8 Å². The van der Waals surface area contributed by atoms with Crippen molar-refractivity contribution < 1.29 is 5.11 Å². The van der Waals surface area contributed by atoms with E-state index in [9.17, 15) is 9.90 Å². The Kier molecular flexibility index (Phi) is 2.25. The Balaban J connectivity index is 2.13. The standard InChI is InChI=1S/C9H13N3O2/c13-5-9(2-1-3-9)12-7-4-8(14)11-6-10-7/h4,6,13H,1-3,5H2,(H2,10,11,12,14). The first-order valence-electron chi connectivity index (χ1n) is 4.68. The van der Waals surface area contributed by atoms with E-state index in [1.807, 2.05) is 0 Å². The number of nitrogens with zero attached hydrogens (tertiary/aromatic N) is 1. The molecule has 1 aliphatic carbocycles. The zero-order chi connectivity index (χ0) is 10.0. The molecule has 0 aromatic carbocycles. The molecule has 0 spiro atoms. The average Bonchev–Trinajstić information content (AvgIpc) is 2.11. The number of anilines is 1. The van der Waals surface area contributed by atoms with Gasteiger partial charge in [-0.3, -0.25) is 4.79 Å². The van der Waals surface area contributed by atoms with Crippen LogP contribution >= 0.6 is 0 Å². The second kappa shape index (κ2) is 3.42. The van der Waals surface area contributed by atoms with Crippen molar-refractivity contribution in [2.75, 3.05) is 11.9 Å². The molecule has 0 unspecified atom stereocenters. The predicted octanol–water partition coefficient (Wildman–Crippen LogP) is 0.0968. The zero-order valence-electron chi connectivity index (χ0n) is 7.79. The molecular weight excluding hydrogens is 182 g/mol. The topological polar surface area (TPSA) is 78.0 Å². The molecule has 1 heterocycles. The first-order chi connectivity index (χ1) is 6.74. The van der Waals surface area contributed by atoms with E-state index in [4.69, 9.17) is 0 Å². The molecule has 76 valence electrons. The molecule has 5 nitrogen and oxygen atoms in total. The molecule has 1 fully saturated rings. The fraction of sp³-hybridized carbons (Fsp3) is 0.556. The Morgan fingerprint density at radius 3 is 2.93 bits per heavy atom. The number of aromatic amines is 1. The van der Waals surface area contributed by atoms with Crippen LogP contribution < -0.4 is 10.9 Å². The number of rotatable bonds is 3. The molecule has 0 bridgehead atoms. The van der Waals surface area contributed by atoms with Crippen LogP contribution in [0.2, 0.25) is 0 Å². The Morgan fingerprint density at radius 1 is 1.64 bits per heavy atom. The summed E-state index contributed by atoms with van der Waals surface area (Å²) in [5.41, 5.74) is -0.434. The third-order valence-corrected chi connectivity index (χ3v) is 2.68. The molecule has 5 heteroatoms. The number of nitrogens with one attached hydrogen (secondary N) is 2. The lowest BCUT2D eigenvalue weighted by Crippen LogP contribution is -2.48. The fourth-order valence-corrected chi connectivity index (χ4v) is 1.63. The van der Waals surface area contributed by atoms with E-state index in [0.29, 0.717) is 5.82 Å². The van der Waals surface area contributed by atoms with Gasteiger partial charge in [0.15, 0.2) is 0 Å². The van der Waals surface area contributed by atoms with E-state index in [1.165, 1.54) is 12.4 Å². The number of aromatic nitrogens is 2. The van der Waals surface area contributed by atoms with Crippen molar-refractivity contribution in [1.82, 2.24) is 9.97 Å². The van der Waals surface area contributed by atoms with Crippen LogP contribution in [0, 0.1) is 0 Å². The Morgan fingerprint density at radius 2 is 2.43 bits per heavy atom. The second-order valence-electron chi connectivity index (χ2n) is 3.71. The van der Waals surface area contributed by atoms with Crippen LogP contribution in [-0.4, -0.2) is 27.2 Å². The Bertz CT molecular complexity index is 365. The van der Waals surface area contributed by atoms with Gasteiger partial charge >= 0.3 is 0 Å². The largest absolute Gasteiger partial charge is 0.394 e. The summed E-state index contributed by atoms with van der Waals surface area (Å²) in [6.45, 7) is 0.0848. The lowest BCUT2D eigenvalue weighted by molar-refractivity contribution is 0.144. The molecule has 1 aliphatic rings. The molecule has 2 rings (SSSR count). The highest BCUT2D eigenvalue weighted by molar-refractivity contribution is 5.37. The first kappa shape index (κ1) is 9.21. The van der Waals surface area contributed by atoms with Crippen LogP contribution in [0.4, 0.5) is 5.82 Å². The maximum Gasteiger partial charge on any atom is 0.252 e. The summed E-state index contributed by atoms with van der Waals surface area (Å²) in [4.78, 5) is 17.4. The third-order valence-electron chi connectivity index (χ3n) is 2.68. The monoisotopic (exact) mass is 195 g/mol. The van der Waals surface area contributed by atoms with Crippen LogP contribution in [0.15, 0.2) is 17.2 Å². The minimum atomic E-state index is -0.249. The van der Waals surface area contributed by atoms with Crippen molar-refractivity contribution in [3.63, 3.8) is 0 Å². The maximum atomic E-state index is 11.0. The molecule has 0 atom stereocenters. The van der Waals surface area contributed by atoms with E-state index in [-0.39, 0.29) is 17.7 Å². The summed E-state index contributed by atoms with van der Waals surface area (Å²) in [7, 11) is 0. The van der Waals surface area contributed by atoms with Crippen molar-refractivity contribution in [1.29, 1.82) is 0 Å². The predicted molar refractivity (Wildman–Crippen MR) is 52.1 cm³/mol. The first-order valence-corrected chi connectivity index (χ1v) is 4.68. The van der Waals surface area contributed by atoms with Gasteiger partial charge < -0.3 is 15.4 Å². The van der Waals surface area contributed by atoms with Gasteiger partial charge in [-0.25, -0.2) is 4.98 Å². The average molecular weight is 195 g/mol. The molecule has 0 radical (unpaired) electrons. The minimum Gasteiger partial charge on any atom is -0.394 e. The van der Waals surface area contributed by atoms with Gasteiger partial charge in [0.1, 0.15) is 5.82 Å². The van der Waals surface area contributed by atoms with Gasteiger partial charge in [0.05, 0.1) is 18.5 Å². The number of aliphatic hydroxyl groups excluding tert-OH is 1. The zero-order valence-corrected chi connectivity index (χ0v) is 7.79. The molecule has 0 amide bonds. The van der Waals surface area contributed by atoms with E-state index >= 15 is 0 Å². The summed E-state index contributed by atoms with van der Waals surface area (Å²) in [6, 6.07) is 1.40. The molecule has 0 saturated heterocycles. The summed E-state index contributed by atoms with van der Waals surface area (Å²) >= 11 is 0. The molecule has 0 aliphatic heterocycles. The van der Waals surface area contributed by atoms with Gasteiger partial charge in [-0.1, -0.05) is 0 Å². The van der Waals surface area contributed by atoms with E-state index in [0.717, 1.165) is 19.3 Å². The number of H-pyrrole nitrogens is 1. The summed E-state index contributed by atoms with van der Waals surface area (Å²) in [5, 5.41) is 12.3. The van der Waals surface area contributed by atoms with Crippen LogP contribution in [0.25, 0.3) is 0 Å². The summed E-state index contributed by atoms with van der Waals surface area (Å²) < 4.78 is 0. The van der Waals surface area contributed by atoms with Crippen molar-refractivity contribution in [3.05, 3.63) is 22.7 Å². The Labute approximate surface area is 81.2 Å². The highest BCUT2D eigenvalue weighted by atomic mass is 16.3. The van der Waals surface area contributed by atoms with Crippen LogP contribution in [0.5, 0.6) is 0 Å². The molecule has 1 aromatic rings. The van der Waals surface area contributed by atoms with Gasteiger partial charge in [0, 0.05) is 6.07 Å².